The predicted molar refractivity (Wildman–Crippen MR) is 54.4 cm³/mol. The predicted octanol–water partition coefficient (Wildman–Crippen LogP) is -0.0535. The molecule has 1 fully saturated rings. The summed E-state index contributed by atoms with van der Waals surface area (Å²) in [6, 6.07) is 0. The van der Waals surface area contributed by atoms with Crippen molar-refractivity contribution in [3.8, 4) is 0 Å². The average molecular weight is 217 g/mol. The van der Waals surface area contributed by atoms with Crippen molar-refractivity contribution >= 4 is 22.5 Å². The van der Waals surface area contributed by atoms with E-state index in [0.29, 0.717) is 24.6 Å². The van der Waals surface area contributed by atoms with Gasteiger partial charge in [-0.2, -0.15) is 0 Å². The molecule has 14 heavy (non-hydrogen) atoms. The van der Waals surface area contributed by atoms with Gasteiger partial charge in [-0.1, -0.05) is 0 Å². The molecule has 4 nitrogen and oxygen atoms in total. The number of hydrogen-bond acceptors (Lipinski definition) is 3. The van der Waals surface area contributed by atoms with Crippen LogP contribution in [0.5, 0.6) is 0 Å². The van der Waals surface area contributed by atoms with E-state index in [1.807, 2.05) is 0 Å². The molecule has 1 aliphatic heterocycles. The Kier molecular flexibility index (Phi) is 4.25. The van der Waals surface area contributed by atoms with E-state index in [2.05, 4.69) is 0 Å². The van der Waals surface area contributed by atoms with Crippen molar-refractivity contribution in [3.05, 3.63) is 0 Å². The second-order valence-electron chi connectivity index (χ2n) is 3.46. The van der Waals surface area contributed by atoms with Crippen LogP contribution in [0.4, 0.5) is 0 Å². The van der Waals surface area contributed by atoms with Crippen molar-refractivity contribution in [2.24, 2.45) is 0 Å². The largest absolute Gasteiger partial charge is 0.341 e. The van der Waals surface area contributed by atoms with E-state index in [-0.39, 0.29) is 18.1 Å². The van der Waals surface area contributed by atoms with E-state index in [0.717, 1.165) is 6.42 Å². The van der Waals surface area contributed by atoms with Gasteiger partial charge in [0, 0.05) is 35.4 Å². The zero-order valence-corrected chi connectivity index (χ0v) is 9.14. The van der Waals surface area contributed by atoms with Crippen molar-refractivity contribution in [3.63, 3.8) is 0 Å². The third kappa shape index (κ3) is 3.57. The minimum atomic E-state index is -0.786. The standard InChI is InChI=1S/C9H15NO3S/c1-8(11)7-9(12)10-3-2-5-14(13)6-4-10/h2-7H2,1H3. The molecule has 0 aliphatic carbocycles. The van der Waals surface area contributed by atoms with E-state index in [1.54, 1.807) is 4.90 Å². The zero-order valence-electron chi connectivity index (χ0n) is 8.32. The van der Waals surface area contributed by atoms with Gasteiger partial charge in [0.25, 0.3) is 0 Å². The number of rotatable bonds is 2. The number of nitrogens with zero attached hydrogens (tertiary/aromatic N) is 1. The molecule has 0 aromatic rings. The Morgan fingerprint density at radius 1 is 1.29 bits per heavy atom. The normalized spacial score (nSPS) is 22.9. The minimum absolute atomic E-state index is 0.0212. The molecule has 0 spiro atoms. The van der Waals surface area contributed by atoms with E-state index >= 15 is 0 Å². The Morgan fingerprint density at radius 2 is 2.00 bits per heavy atom. The highest BCUT2D eigenvalue weighted by atomic mass is 32.2. The third-order valence-corrected chi connectivity index (χ3v) is 3.52. The monoisotopic (exact) mass is 217 g/mol. The van der Waals surface area contributed by atoms with Crippen LogP contribution in [0.2, 0.25) is 0 Å². The molecule has 0 bridgehead atoms. The molecule has 0 radical (unpaired) electrons. The van der Waals surface area contributed by atoms with Crippen molar-refractivity contribution < 1.29 is 13.8 Å². The van der Waals surface area contributed by atoms with Gasteiger partial charge < -0.3 is 4.90 Å². The van der Waals surface area contributed by atoms with Crippen LogP contribution in [-0.4, -0.2) is 45.4 Å². The maximum Gasteiger partial charge on any atom is 0.230 e. The SMILES string of the molecule is CC(=O)CC(=O)N1CCCS(=O)CC1. The van der Waals surface area contributed by atoms with E-state index in [9.17, 15) is 13.8 Å². The first-order valence-electron chi connectivity index (χ1n) is 4.72. The topological polar surface area (TPSA) is 54.5 Å². The number of Topliss-reactive ketones (excluding diaryl/α,β-unsaturated/α-hetero) is 1. The molecule has 0 aromatic heterocycles. The molecule has 0 saturated carbocycles. The van der Waals surface area contributed by atoms with Crippen LogP contribution in [0.25, 0.3) is 0 Å². The van der Waals surface area contributed by atoms with Crippen LogP contribution in [0, 0.1) is 0 Å². The van der Waals surface area contributed by atoms with E-state index in [4.69, 9.17) is 0 Å². The molecule has 80 valence electrons. The van der Waals surface area contributed by atoms with Crippen molar-refractivity contribution in [2.75, 3.05) is 24.6 Å². The van der Waals surface area contributed by atoms with Gasteiger partial charge in [-0.15, -0.1) is 0 Å². The second-order valence-corrected chi connectivity index (χ2v) is 5.16. The molecule has 1 rings (SSSR count). The molecule has 0 N–H and O–H groups in total. The Labute approximate surface area is 86.1 Å². The fourth-order valence-electron chi connectivity index (χ4n) is 1.42. The summed E-state index contributed by atoms with van der Waals surface area (Å²) in [6.45, 7) is 2.57. The number of carbonyl (C=O) groups is 2. The highest BCUT2D eigenvalue weighted by molar-refractivity contribution is 7.85. The van der Waals surface area contributed by atoms with Crippen LogP contribution in [-0.2, 0) is 20.4 Å². The zero-order chi connectivity index (χ0) is 10.6. The molecule has 1 amide bonds. The summed E-state index contributed by atoms with van der Waals surface area (Å²) in [7, 11) is -0.786. The molecule has 1 heterocycles. The molecule has 1 saturated heterocycles. The fraction of sp³-hybridized carbons (Fsp3) is 0.778. The highest BCUT2D eigenvalue weighted by Crippen LogP contribution is 2.04. The first-order chi connectivity index (χ1) is 6.59. The lowest BCUT2D eigenvalue weighted by molar-refractivity contribution is -0.134. The first-order valence-corrected chi connectivity index (χ1v) is 6.20. The number of amides is 1. The van der Waals surface area contributed by atoms with Gasteiger partial charge in [-0.3, -0.25) is 13.8 Å². The lowest BCUT2D eigenvalue weighted by Gasteiger charge is -2.18. The summed E-state index contributed by atoms with van der Waals surface area (Å²) < 4.78 is 11.2. The van der Waals surface area contributed by atoms with Crippen molar-refractivity contribution in [2.45, 2.75) is 19.8 Å². The second kappa shape index (κ2) is 5.24. The van der Waals surface area contributed by atoms with Crippen LogP contribution < -0.4 is 0 Å². The number of hydrogen-bond donors (Lipinski definition) is 0. The maximum absolute atomic E-state index is 11.5. The first kappa shape index (κ1) is 11.4. The van der Waals surface area contributed by atoms with Crippen LogP contribution in [0.15, 0.2) is 0 Å². The molecular formula is C9H15NO3S. The quantitative estimate of drug-likeness (QED) is 0.609. The number of ketones is 1. The summed E-state index contributed by atoms with van der Waals surface area (Å²) in [5, 5.41) is 0. The smallest absolute Gasteiger partial charge is 0.230 e. The van der Waals surface area contributed by atoms with Gasteiger partial charge in [0.05, 0.1) is 6.42 Å². The summed E-state index contributed by atoms with van der Waals surface area (Å²) in [5.41, 5.74) is 0. The molecule has 1 unspecified atom stereocenters. The molecule has 5 heteroatoms. The van der Waals surface area contributed by atoms with Crippen LogP contribution >= 0.6 is 0 Å². The lowest BCUT2D eigenvalue weighted by atomic mass is 10.2. The summed E-state index contributed by atoms with van der Waals surface area (Å²) in [4.78, 5) is 23.9. The van der Waals surface area contributed by atoms with Crippen LogP contribution in [0.3, 0.4) is 0 Å². The molecule has 1 aliphatic rings. The highest BCUT2D eigenvalue weighted by Gasteiger charge is 2.18. The molecule has 0 aromatic carbocycles. The van der Waals surface area contributed by atoms with Gasteiger partial charge in [0.1, 0.15) is 5.78 Å². The minimum Gasteiger partial charge on any atom is -0.341 e. The van der Waals surface area contributed by atoms with Gasteiger partial charge >= 0.3 is 0 Å². The van der Waals surface area contributed by atoms with E-state index < -0.39 is 10.8 Å². The van der Waals surface area contributed by atoms with Gasteiger partial charge in [-0.25, -0.2) is 0 Å². The Hall–Kier alpha value is -0.710. The fourth-order valence-corrected chi connectivity index (χ4v) is 2.50. The Balaban J connectivity index is 2.47. The van der Waals surface area contributed by atoms with Gasteiger partial charge in [0.2, 0.25) is 5.91 Å². The summed E-state index contributed by atoms with van der Waals surface area (Å²) in [5.74, 6) is 0.977. The average Bonchev–Trinajstić information content (AvgIpc) is 2.28. The van der Waals surface area contributed by atoms with Gasteiger partial charge in [-0.05, 0) is 13.3 Å². The van der Waals surface area contributed by atoms with E-state index in [1.165, 1.54) is 6.92 Å². The lowest BCUT2D eigenvalue weighted by Crippen LogP contribution is -2.34. The Bertz CT molecular complexity index is 265. The summed E-state index contributed by atoms with van der Waals surface area (Å²) >= 11 is 0. The van der Waals surface area contributed by atoms with Gasteiger partial charge in [0.15, 0.2) is 0 Å². The third-order valence-electron chi connectivity index (χ3n) is 2.14. The maximum atomic E-state index is 11.5. The van der Waals surface area contributed by atoms with Crippen molar-refractivity contribution in [1.82, 2.24) is 4.90 Å². The van der Waals surface area contributed by atoms with Crippen molar-refractivity contribution in [1.29, 1.82) is 0 Å². The molecular weight excluding hydrogens is 202 g/mol. The number of carbonyl (C=O) groups excluding carboxylic acids is 2. The Morgan fingerprint density at radius 3 is 2.64 bits per heavy atom. The molecule has 1 atom stereocenters. The van der Waals surface area contributed by atoms with Crippen LogP contribution in [0.1, 0.15) is 19.8 Å². The summed E-state index contributed by atoms with van der Waals surface area (Å²) in [6.07, 6.45) is 0.753.